The smallest absolute Gasteiger partial charge is 0.410 e. The van der Waals surface area contributed by atoms with Crippen molar-refractivity contribution in [1.82, 2.24) is 4.90 Å². The highest BCUT2D eigenvalue weighted by atomic mass is 16.6. The van der Waals surface area contributed by atoms with Crippen LogP contribution in [0.25, 0.3) is 0 Å². The molecule has 0 aliphatic carbocycles. The lowest BCUT2D eigenvalue weighted by molar-refractivity contribution is -0.132. The molecule has 2 saturated heterocycles. The van der Waals surface area contributed by atoms with Gasteiger partial charge in [0.2, 0.25) is 0 Å². The molecule has 2 aliphatic heterocycles. The molecule has 150 valence electrons. The zero-order chi connectivity index (χ0) is 19.2. The van der Waals surface area contributed by atoms with Gasteiger partial charge in [-0.05, 0) is 40.0 Å². The average Bonchev–Trinajstić information content (AvgIpc) is 2.55. The van der Waals surface area contributed by atoms with Gasteiger partial charge in [-0.2, -0.15) is 0 Å². The van der Waals surface area contributed by atoms with Crippen molar-refractivity contribution in [3.05, 3.63) is 0 Å². The molecule has 26 heavy (non-hydrogen) atoms. The predicted molar refractivity (Wildman–Crippen MR) is 102 cm³/mol. The number of Topliss-reactive ketones (excluding diaryl/α,β-unsaturated/α-hetero) is 1. The van der Waals surface area contributed by atoms with E-state index < -0.39 is 5.60 Å². The number of unbranched alkanes of at least 4 members (excludes halogenated alkanes) is 5. The van der Waals surface area contributed by atoms with Crippen molar-refractivity contribution in [2.24, 2.45) is 5.92 Å². The summed E-state index contributed by atoms with van der Waals surface area (Å²) in [4.78, 5) is 27.0. The molecule has 2 heterocycles. The van der Waals surface area contributed by atoms with Crippen molar-refractivity contribution in [2.75, 3.05) is 13.2 Å². The molecule has 0 aromatic rings. The maximum atomic E-state index is 12.6. The van der Waals surface area contributed by atoms with Gasteiger partial charge in [-0.1, -0.05) is 39.0 Å². The van der Waals surface area contributed by atoms with Gasteiger partial charge >= 0.3 is 6.09 Å². The quantitative estimate of drug-likeness (QED) is 0.583. The second kappa shape index (κ2) is 9.72. The Kier molecular flexibility index (Phi) is 7.93. The van der Waals surface area contributed by atoms with E-state index in [0.29, 0.717) is 38.3 Å². The first-order chi connectivity index (χ1) is 12.3. The topological polar surface area (TPSA) is 55.8 Å². The first-order valence-electron chi connectivity index (χ1n) is 10.4. The van der Waals surface area contributed by atoms with Crippen LogP contribution in [-0.2, 0) is 14.3 Å². The molecule has 0 saturated carbocycles. The predicted octanol–water partition coefficient (Wildman–Crippen LogP) is 4.72. The van der Waals surface area contributed by atoms with Crippen LogP contribution in [0.1, 0.15) is 85.5 Å². The van der Waals surface area contributed by atoms with Crippen molar-refractivity contribution in [1.29, 1.82) is 0 Å². The van der Waals surface area contributed by atoms with E-state index in [1.807, 2.05) is 25.7 Å². The number of carbonyl (C=O) groups excluding carboxylic acids is 2. The molecule has 0 aromatic carbocycles. The Morgan fingerprint density at radius 3 is 2.15 bits per heavy atom. The van der Waals surface area contributed by atoms with Gasteiger partial charge in [0.1, 0.15) is 11.4 Å². The van der Waals surface area contributed by atoms with E-state index in [9.17, 15) is 9.59 Å². The van der Waals surface area contributed by atoms with Crippen LogP contribution in [0.5, 0.6) is 0 Å². The van der Waals surface area contributed by atoms with E-state index in [2.05, 4.69) is 6.92 Å². The monoisotopic (exact) mass is 367 g/mol. The molecule has 2 aliphatic rings. The molecule has 0 radical (unpaired) electrons. The molecule has 0 N–H and O–H groups in total. The first-order valence-corrected chi connectivity index (χ1v) is 10.4. The third kappa shape index (κ3) is 6.26. The van der Waals surface area contributed by atoms with Crippen LogP contribution in [-0.4, -0.2) is 47.7 Å². The average molecular weight is 368 g/mol. The zero-order valence-corrected chi connectivity index (χ0v) is 17.1. The summed E-state index contributed by atoms with van der Waals surface area (Å²) in [6.45, 7) is 8.89. The second-order valence-electron chi connectivity index (χ2n) is 8.89. The number of hydrogen-bond donors (Lipinski definition) is 0. The van der Waals surface area contributed by atoms with Gasteiger partial charge in [0.25, 0.3) is 0 Å². The Morgan fingerprint density at radius 1 is 1.00 bits per heavy atom. The van der Waals surface area contributed by atoms with Gasteiger partial charge in [0, 0.05) is 12.3 Å². The Bertz CT molecular complexity index is 457. The van der Waals surface area contributed by atoms with Crippen molar-refractivity contribution < 1.29 is 19.1 Å². The van der Waals surface area contributed by atoms with Gasteiger partial charge in [0.05, 0.1) is 25.3 Å². The number of rotatable bonds is 8. The van der Waals surface area contributed by atoms with Crippen molar-refractivity contribution in [3.63, 3.8) is 0 Å². The minimum atomic E-state index is -0.503. The molecular formula is C21H37NO4. The molecular weight excluding hydrogens is 330 g/mol. The first kappa shape index (κ1) is 21.2. The maximum absolute atomic E-state index is 12.6. The molecule has 2 unspecified atom stereocenters. The summed E-state index contributed by atoms with van der Waals surface area (Å²) in [5, 5.41) is 0. The number of fused-ring (bicyclic) bond motifs is 2. The van der Waals surface area contributed by atoms with Crippen LogP contribution in [0, 0.1) is 5.92 Å². The molecule has 2 bridgehead atoms. The van der Waals surface area contributed by atoms with Gasteiger partial charge in [-0.3, -0.25) is 9.69 Å². The fourth-order valence-electron chi connectivity index (χ4n) is 4.07. The highest BCUT2D eigenvalue weighted by molar-refractivity contribution is 5.81. The summed E-state index contributed by atoms with van der Waals surface area (Å²) < 4.78 is 11.2. The number of carbonyl (C=O) groups is 2. The number of morpholine rings is 1. The van der Waals surface area contributed by atoms with E-state index in [-0.39, 0.29) is 24.1 Å². The van der Waals surface area contributed by atoms with E-state index in [0.717, 1.165) is 12.8 Å². The summed E-state index contributed by atoms with van der Waals surface area (Å²) in [5.74, 6) is 0.449. The second-order valence-corrected chi connectivity index (χ2v) is 8.89. The largest absolute Gasteiger partial charge is 0.444 e. The Hall–Kier alpha value is -1.10. The summed E-state index contributed by atoms with van der Waals surface area (Å²) in [7, 11) is 0. The van der Waals surface area contributed by atoms with E-state index >= 15 is 0 Å². The van der Waals surface area contributed by atoms with Crippen molar-refractivity contribution in [3.8, 4) is 0 Å². The fraction of sp³-hybridized carbons (Fsp3) is 0.905. The van der Waals surface area contributed by atoms with Crippen LogP contribution in [0.4, 0.5) is 4.79 Å². The van der Waals surface area contributed by atoms with E-state index in [4.69, 9.17) is 9.47 Å². The molecule has 1 amide bonds. The zero-order valence-electron chi connectivity index (χ0n) is 17.1. The molecule has 0 aromatic heterocycles. The lowest BCUT2D eigenvalue weighted by Crippen LogP contribution is -2.60. The highest BCUT2D eigenvalue weighted by Gasteiger charge is 2.44. The summed E-state index contributed by atoms with van der Waals surface area (Å²) >= 11 is 0. The maximum Gasteiger partial charge on any atom is 0.410 e. The fourth-order valence-corrected chi connectivity index (χ4v) is 4.07. The summed E-state index contributed by atoms with van der Waals surface area (Å²) in [6, 6.07) is -0.0632. The number of amides is 1. The standard InChI is InChI=1S/C21H37NO4/c1-5-6-7-8-9-10-11-19(23)16-12-17-14-25-15-18(13-16)22(17)20(24)26-21(2,3)4/h16-18H,5-15H2,1-4H3. The SMILES string of the molecule is CCCCCCCCC(=O)C1CC2COCC(C1)N2C(=O)OC(C)(C)C. The lowest BCUT2D eigenvalue weighted by Gasteiger charge is -2.47. The Labute approximate surface area is 158 Å². The number of nitrogens with zero attached hydrogens (tertiary/aromatic N) is 1. The number of piperidine rings is 1. The van der Waals surface area contributed by atoms with Gasteiger partial charge in [0.15, 0.2) is 0 Å². The van der Waals surface area contributed by atoms with Crippen LogP contribution in [0.2, 0.25) is 0 Å². The number of ketones is 1. The van der Waals surface area contributed by atoms with Crippen molar-refractivity contribution >= 4 is 11.9 Å². The molecule has 2 rings (SSSR count). The molecule has 5 nitrogen and oxygen atoms in total. The Balaban J connectivity index is 1.82. The summed E-state index contributed by atoms with van der Waals surface area (Å²) in [6.07, 6.45) is 9.05. The molecule has 2 atom stereocenters. The minimum absolute atomic E-state index is 0.0316. The van der Waals surface area contributed by atoms with E-state index in [1.54, 1.807) is 0 Å². The highest BCUT2D eigenvalue weighted by Crippen LogP contribution is 2.34. The molecule has 5 heteroatoms. The number of hydrogen-bond acceptors (Lipinski definition) is 4. The van der Waals surface area contributed by atoms with Crippen LogP contribution in [0.3, 0.4) is 0 Å². The van der Waals surface area contributed by atoms with Gasteiger partial charge < -0.3 is 9.47 Å². The van der Waals surface area contributed by atoms with Crippen LogP contribution < -0.4 is 0 Å². The normalized spacial score (nSPS) is 25.8. The lowest BCUT2D eigenvalue weighted by atomic mass is 9.81. The van der Waals surface area contributed by atoms with Gasteiger partial charge in [-0.25, -0.2) is 4.79 Å². The number of ether oxygens (including phenoxy) is 2. The van der Waals surface area contributed by atoms with Crippen molar-refractivity contribution in [2.45, 2.75) is 103 Å². The third-order valence-corrected chi connectivity index (χ3v) is 5.36. The summed E-state index contributed by atoms with van der Waals surface area (Å²) in [5.41, 5.74) is -0.503. The van der Waals surface area contributed by atoms with E-state index in [1.165, 1.54) is 25.7 Å². The van der Waals surface area contributed by atoms with Crippen LogP contribution >= 0.6 is 0 Å². The molecule has 0 spiro atoms. The minimum Gasteiger partial charge on any atom is -0.444 e. The molecule has 2 fully saturated rings. The third-order valence-electron chi connectivity index (χ3n) is 5.36. The van der Waals surface area contributed by atoms with Gasteiger partial charge in [-0.15, -0.1) is 0 Å². The van der Waals surface area contributed by atoms with Crippen LogP contribution in [0.15, 0.2) is 0 Å². The Morgan fingerprint density at radius 2 is 1.58 bits per heavy atom.